The lowest BCUT2D eigenvalue weighted by atomic mass is 10.0. The number of hydrazine groups is 1. The second-order valence-corrected chi connectivity index (χ2v) is 6.01. The molecule has 0 spiro atoms. The second kappa shape index (κ2) is 8.45. The van der Waals surface area contributed by atoms with Crippen molar-refractivity contribution in [1.29, 1.82) is 0 Å². The number of aromatic nitrogens is 4. The number of hydrogen-bond donors (Lipinski definition) is 2. The Hall–Kier alpha value is -3.90. The molecular weight excluding hydrogens is 430 g/mol. The molecule has 0 unspecified atom stereocenters. The molecule has 1 amide bonds. The Kier molecular flexibility index (Phi) is 5.95. The second-order valence-electron chi connectivity index (χ2n) is 6.01. The van der Waals surface area contributed by atoms with Crippen molar-refractivity contribution in [1.82, 2.24) is 25.2 Å². The molecule has 0 aliphatic rings. The summed E-state index contributed by atoms with van der Waals surface area (Å²) in [5.74, 6) is -0.983. The van der Waals surface area contributed by atoms with Gasteiger partial charge in [0.1, 0.15) is 6.33 Å². The van der Waals surface area contributed by atoms with Gasteiger partial charge in [0.15, 0.2) is 5.82 Å². The van der Waals surface area contributed by atoms with Crippen LogP contribution < -0.4 is 10.9 Å². The molecule has 162 valence electrons. The number of nitrogens with zero attached hydrogens (tertiary/aromatic N) is 4. The Balaban J connectivity index is 1.77. The van der Waals surface area contributed by atoms with Crippen LogP contribution in [-0.2, 0) is 17.1 Å². The van der Waals surface area contributed by atoms with Crippen molar-refractivity contribution in [3.05, 3.63) is 66.3 Å². The average Bonchev–Trinajstić information content (AvgIpc) is 3.19. The fourth-order valence-electron chi connectivity index (χ4n) is 2.32. The van der Waals surface area contributed by atoms with E-state index in [1.165, 1.54) is 12.4 Å². The molecule has 3 rings (SSSR count). The maximum atomic E-state index is 13.0. The van der Waals surface area contributed by atoms with Crippen molar-refractivity contribution in [2.45, 2.75) is 12.4 Å². The van der Waals surface area contributed by atoms with Gasteiger partial charge in [-0.05, 0) is 30.3 Å². The summed E-state index contributed by atoms with van der Waals surface area (Å²) in [7, 11) is 0. The van der Waals surface area contributed by atoms with E-state index < -0.39 is 35.0 Å². The van der Waals surface area contributed by atoms with E-state index in [2.05, 4.69) is 25.9 Å². The molecule has 0 radical (unpaired) electrons. The SMILES string of the molecule is O=C(C=Cn1cnc(-c2cc(C(F)(F)F)cc(C(F)(F)F)c2)n1)NNc1ccncc1. The third-order valence-corrected chi connectivity index (χ3v) is 3.74. The first kappa shape index (κ1) is 21.8. The molecule has 0 saturated carbocycles. The van der Waals surface area contributed by atoms with Crippen LogP contribution in [0.3, 0.4) is 0 Å². The van der Waals surface area contributed by atoms with Crippen molar-refractivity contribution in [3.63, 3.8) is 0 Å². The van der Waals surface area contributed by atoms with Gasteiger partial charge in [0.25, 0.3) is 5.91 Å². The van der Waals surface area contributed by atoms with Crippen LogP contribution in [0.1, 0.15) is 11.1 Å². The lowest BCUT2D eigenvalue weighted by molar-refractivity contribution is -0.143. The minimum Gasteiger partial charge on any atom is -0.298 e. The Bertz CT molecular complexity index is 1060. The number of rotatable bonds is 5. The minimum absolute atomic E-state index is 0.0144. The van der Waals surface area contributed by atoms with E-state index in [4.69, 9.17) is 0 Å². The van der Waals surface area contributed by atoms with Gasteiger partial charge in [-0.25, -0.2) is 9.67 Å². The lowest BCUT2D eigenvalue weighted by Gasteiger charge is -2.13. The number of anilines is 1. The summed E-state index contributed by atoms with van der Waals surface area (Å²) < 4.78 is 78.9. The van der Waals surface area contributed by atoms with Crippen LogP contribution in [0.5, 0.6) is 0 Å². The number of benzene rings is 1. The summed E-state index contributed by atoms with van der Waals surface area (Å²) in [4.78, 5) is 19.3. The van der Waals surface area contributed by atoms with E-state index in [1.807, 2.05) is 0 Å². The van der Waals surface area contributed by atoms with Gasteiger partial charge in [-0.1, -0.05) is 0 Å². The number of alkyl halides is 6. The highest BCUT2D eigenvalue weighted by atomic mass is 19.4. The molecule has 0 bridgehead atoms. The smallest absolute Gasteiger partial charge is 0.298 e. The Morgan fingerprint density at radius 2 is 1.58 bits per heavy atom. The predicted octanol–water partition coefficient (Wildman–Crippen LogP) is 3.99. The monoisotopic (exact) mass is 442 g/mol. The van der Waals surface area contributed by atoms with E-state index in [9.17, 15) is 31.1 Å². The van der Waals surface area contributed by atoms with Gasteiger partial charge in [0.05, 0.1) is 16.8 Å². The molecule has 0 atom stereocenters. The molecule has 0 saturated heterocycles. The molecule has 13 heteroatoms. The third kappa shape index (κ3) is 5.81. The first-order valence-corrected chi connectivity index (χ1v) is 8.37. The average molecular weight is 442 g/mol. The molecule has 0 aliphatic carbocycles. The van der Waals surface area contributed by atoms with Crippen molar-refractivity contribution < 1.29 is 31.1 Å². The van der Waals surface area contributed by atoms with Crippen molar-refractivity contribution >= 4 is 17.8 Å². The largest absolute Gasteiger partial charge is 0.416 e. The molecular formula is C18H12F6N6O. The summed E-state index contributed by atoms with van der Waals surface area (Å²) in [6.45, 7) is 0. The highest BCUT2D eigenvalue weighted by Gasteiger charge is 2.37. The molecule has 1 aromatic carbocycles. The topological polar surface area (TPSA) is 84.7 Å². The number of halogens is 6. The van der Waals surface area contributed by atoms with E-state index >= 15 is 0 Å². The van der Waals surface area contributed by atoms with Gasteiger partial charge in [0.2, 0.25) is 0 Å². The van der Waals surface area contributed by atoms with Gasteiger partial charge >= 0.3 is 12.4 Å². The molecule has 7 nitrogen and oxygen atoms in total. The Morgan fingerprint density at radius 1 is 0.968 bits per heavy atom. The summed E-state index contributed by atoms with van der Waals surface area (Å²) in [6, 6.07) is 4.24. The third-order valence-electron chi connectivity index (χ3n) is 3.74. The Labute approximate surface area is 170 Å². The Morgan fingerprint density at radius 3 is 2.16 bits per heavy atom. The van der Waals surface area contributed by atoms with Gasteiger partial charge in [0, 0.05) is 30.2 Å². The number of hydrogen-bond acceptors (Lipinski definition) is 5. The van der Waals surface area contributed by atoms with E-state index in [1.54, 1.807) is 12.1 Å². The number of amides is 1. The van der Waals surface area contributed by atoms with Crippen LogP contribution in [0.4, 0.5) is 32.0 Å². The highest BCUT2D eigenvalue weighted by Crippen LogP contribution is 2.38. The first-order chi connectivity index (χ1) is 14.5. The molecule has 2 aromatic heterocycles. The minimum atomic E-state index is -4.99. The van der Waals surface area contributed by atoms with Crippen LogP contribution in [-0.4, -0.2) is 25.7 Å². The number of carbonyl (C=O) groups excluding carboxylic acids is 1. The van der Waals surface area contributed by atoms with Crippen molar-refractivity contribution in [2.75, 3.05) is 5.43 Å². The van der Waals surface area contributed by atoms with Crippen LogP contribution >= 0.6 is 0 Å². The maximum absolute atomic E-state index is 13.0. The number of carbonyl (C=O) groups is 1. The molecule has 2 heterocycles. The molecule has 0 fully saturated rings. The van der Waals surface area contributed by atoms with Gasteiger partial charge < -0.3 is 0 Å². The van der Waals surface area contributed by atoms with Crippen LogP contribution in [0.15, 0.2) is 55.1 Å². The van der Waals surface area contributed by atoms with Gasteiger partial charge in [-0.15, -0.1) is 5.10 Å². The van der Waals surface area contributed by atoms with Gasteiger partial charge in [-0.3, -0.25) is 20.6 Å². The zero-order valence-electron chi connectivity index (χ0n) is 15.2. The van der Waals surface area contributed by atoms with E-state index in [-0.39, 0.29) is 11.9 Å². The maximum Gasteiger partial charge on any atom is 0.416 e. The van der Waals surface area contributed by atoms with Crippen molar-refractivity contribution in [3.8, 4) is 11.4 Å². The van der Waals surface area contributed by atoms with E-state index in [0.717, 1.165) is 23.3 Å². The van der Waals surface area contributed by atoms with Crippen LogP contribution in [0.25, 0.3) is 17.6 Å². The summed E-state index contributed by atoms with van der Waals surface area (Å²) in [5, 5.41) is 3.79. The van der Waals surface area contributed by atoms with Crippen LogP contribution in [0, 0.1) is 0 Å². The highest BCUT2D eigenvalue weighted by molar-refractivity contribution is 5.90. The predicted molar refractivity (Wildman–Crippen MR) is 96.8 cm³/mol. The summed E-state index contributed by atoms with van der Waals surface area (Å²) in [5.41, 5.74) is 2.07. The normalized spacial score (nSPS) is 12.2. The fraction of sp³-hybridized carbons (Fsp3) is 0.111. The quantitative estimate of drug-likeness (QED) is 0.355. The van der Waals surface area contributed by atoms with Crippen LogP contribution in [0.2, 0.25) is 0 Å². The molecule has 31 heavy (non-hydrogen) atoms. The lowest BCUT2D eigenvalue weighted by Crippen LogP contribution is -2.27. The number of pyridine rings is 1. The molecule has 3 aromatic rings. The molecule has 2 N–H and O–H groups in total. The summed E-state index contributed by atoms with van der Waals surface area (Å²) >= 11 is 0. The van der Waals surface area contributed by atoms with E-state index in [0.29, 0.717) is 17.8 Å². The fourth-order valence-corrected chi connectivity index (χ4v) is 2.32. The first-order valence-electron chi connectivity index (χ1n) is 8.37. The zero-order valence-corrected chi connectivity index (χ0v) is 15.2. The zero-order chi connectivity index (χ0) is 22.6. The van der Waals surface area contributed by atoms with Crippen molar-refractivity contribution in [2.24, 2.45) is 0 Å². The number of nitrogens with one attached hydrogen (secondary N) is 2. The summed E-state index contributed by atoms with van der Waals surface area (Å²) in [6.07, 6.45) is -3.80. The van der Waals surface area contributed by atoms with Gasteiger partial charge in [-0.2, -0.15) is 26.3 Å². The molecule has 0 aliphatic heterocycles. The standard InChI is InChI=1S/C18H12F6N6O/c19-17(20,21)12-7-11(8-13(9-12)18(22,23)24)16-26-10-30(29-16)6-3-15(31)28-27-14-1-4-25-5-2-14/h1-10H,(H,25,27)(H,28,31).